The number of nitrogens with zero attached hydrogens (tertiary/aromatic N) is 3. The largest absolute Gasteiger partial charge is 0.493 e. The van der Waals surface area contributed by atoms with Crippen LogP contribution in [0.2, 0.25) is 0 Å². The first-order valence-electron chi connectivity index (χ1n) is 13.9. The number of nitriles is 1. The Labute approximate surface area is 240 Å². The Bertz CT molecular complexity index is 1440. The minimum absolute atomic E-state index is 0.0603. The van der Waals surface area contributed by atoms with E-state index < -0.39 is 11.6 Å². The summed E-state index contributed by atoms with van der Waals surface area (Å²) in [6.07, 6.45) is 2.74. The number of aliphatic hydroxyl groups is 1. The lowest BCUT2D eigenvalue weighted by atomic mass is 9.76. The first-order valence-corrected chi connectivity index (χ1v) is 13.9. The highest BCUT2D eigenvalue weighted by Gasteiger charge is 2.60. The highest BCUT2D eigenvalue weighted by Crippen LogP contribution is 2.59. The van der Waals surface area contributed by atoms with Crippen molar-refractivity contribution in [1.82, 2.24) is 9.80 Å². The average molecular weight is 564 g/mol. The minimum atomic E-state index is -0.925. The standard InChI is InChI=1S/C31H37N3O7/c1-7-8-38-27-18(3)28-30(41-16-40-28)24-20(27)10-21-25-23-19(9-17(2)26(37-6)29(23)39-15-36-5)11-31(13-32,14-33(25)4)34(21)22(24)12-35/h7,9,21-22,25,35H,1,8,10-12,14-16H2,2-6H3/t21?,22-,25-,31-/m0/s1. The van der Waals surface area contributed by atoms with Crippen molar-refractivity contribution in [1.29, 1.82) is 5.26 Å². The quantitative estimate of drug-likeness (QED) is 0.380. The van der Waals surface area contributed by atoms with E-state index in [1.165, 1.54) is 0 Å². The summed E-state index contributed by atoms with van der Waals surface area (Å²) in [6, 6.07) is 3.95. The topological polar surface area (TPSA) is 106 Å². The summed E-state index contributed by atoms with van der Waals surface area (Å²) in [6.45, 7) is 8.55. The number of ether oxygens (including phenoxy) is 6. The van der Waals surface area contributed by atoms with Crippen LogP contribution in [0.25, 0.3) is 0 Å². The fraction of sp³-hybridized carbons (Fsp3) is 0.516. The molecule has 5 heterocycles. The predicted octanol–water partition coefficient (Wildman–Crippen LogP) is 3.35. The molecule has 1 unspecified atom stereocenters. The van der Waals surface area contributed by atoms with Crippen molar-refractivity contribution in [3.63, 3.8) is 0 Å². The molecule has 5 aliphatic heterocycles. The maximum atomic E-state index is 11.1. The normalized spacial score (nSPS) is 25.9. The smallest absolute Gasteiger partial charge is 0.231 e. The highest BCUT2D eigenvalue weighted by atomic mass is 16.7. The molecule has 0 spiro atoms. The summed E-state index contributed by atoms with van der Waals surface area (Å²) in [5.74, 6) is 3.26. The van der Waals surface area contributed by atoms with E-state index in [2.05, 4.69) is 35.6 Å². The van der Waals surface area contributed by atoms with Gasteiger partial charge < -0.3 is 33.5 Å². The van der Waals surface area contributed by atoms with Gasteiger partial charge in [-0.15, -0.1) is 0 Å². The molecule has 10 nitrogen and oxygen atoms in total. The zero-order chi connectivity index (χ0) is 29.1. The lowest BCUT2D eigenvalue weighted by molar-refractivity contribution is -0.0849. The molecule has 0 aromatic heterocycles. The third-order valence-electron chi connectivity index (χ3n) is 9.00. The number of hydrogen-bond donors (Lipinski definition) is 1. The van der Waals surface area contributed by atoms with Crippen molar-refractivity contribution in [2.45, 2.75) is 50.4 Å². The minimum Gasteiger partial charge on any atom is -0.493 e. The highest BCUT2D eigenvalue weighted by molar-refractivity contribution is 5.67. The number of aryl methyl sites for hydroxylation is 1. The Balaban J connectivity index is 1.63. The van der Waals surface area contributed by atoms with E-state index in [1.54, 1.807) is 20.3 Å². The Kier molecular flexibility index (Phi) is 7.02. The molecule has 41 heavy (non-hydrogen) atoms. The SMILES string of the molecule is C=CCOc1c(C)c2c(c3c1CC1[C@H]4c5c(cc(C)c(OC)c5OCOC)C[C@](C#N)(CN4C)N1[C@H]3CO)OCO2. The molecule has 7 rings (SSSR count). The van der Waals surface area contributed by atoms with E-state index in [9.17, 15) is 10.4 Å². The number of fused-ring (bicyclic) bond motifs is 4. The van der Waals surface area contributed by atoms with E-state index in [0.717, 1.165) is 33.4 Å². The van der Waals surface area contributed by atoms with Crippen LogP contribution in [0.3, 0.4) is 0 Å². The molecule has 4 atom stereocenters. The van der Waals surface area contributed by atoms with Gasteiger partial charge in [-0.05, 0) is 38.4 Å². The van der Waals surface area contributed by atoms with Gasteiger partial charge in [0.1, 0.15) is 17.9 Å². The lowest BCUT2D eigenvalue weighted by Crippen LogP contribution is -2.68. The molecule has 2 aromatic rings. The van der Waals surface area contributed by atoms with Gasteiger partial charge in [-0.2, -0.15) is 5.26 Å². The fourth-order valence-electron chi connectivity index (χ4n) is 7.71. The molecule has 1 saturated heterocycles. The Morgan fingerprint density at radius 2 is 1.95 bits per heavy atom. The molecule has 10 heteroatoms. The lowest BCUT2D eigenvalue weighted by Gasteiger charge is -2.57. The van der Waals surface area contributed by atoms with Crippen molar-refractivity contribution in [2.24, 2.45) is 0 Å². The van der Waals surface area contributed by atoms with E-state index in [4.69, 9.17) is 28.4 Å². The summed E-state index contributed by atoms with van der Waals surface area (Å²) < 4.78 is 35.6. The number of benzene rings is 2. The maximum Gasteiger partial charge on any atom is 0.231 e. The van der Waals surface area contributed by atoms with Crippen LogP contribution in [0.5, 0.6) is 28.7 Å². The molecule has 0 amide bonds. The van der Waals surface area contributed by atoms with Crippen molar-refractivity contribution >= 4 is 0 Å². The van der Waals surface area contributed by atoms with Gasteiger partial charge in [-0.1, -0.05) is 18.7 Å². The molecule has 218 valence electrons. The van der Waals surface area contributed by atoms with Gasteiger partial charge >= 0.3 is 0 Å². The Morgan fingerprint density at radius 3 is 2.63 bits per heavy atom. The molecular weight excluding hydrogens is 526 g/mol. The van der Waals surface area contributed by atoms with Crippen molar-refractivity contribution in [3.8, 4) is 34.8 Å². The number of hydrogen-bond acceptors (Lipinski definition) is 10. The number of likely N-dealkylation sites (N-methyl/N-ethyl adjacent to an activating group) is 1. The summed E-state index contributed by atoms with van der Waals surface area (Å²) in [5.41, 5.74) is 4.67. The molecular formula is C31H37N3O7. The first kappa shape index (κ1) is 27.7. The van der Waals surface area contributed by atoms with Gasteiger partial charge in [0.05, 0.1) is 31.9 Å². The van der Waals surface area contributed by atoms with E-state index in [-0.39, 0.29) is 32.3 Å². The van der Waals surface area contributed by atoms with Crippen LogP contribution in [0.1, 0.15) is 45.5 Å². The molecule has 1 fully saturated rings. The fourth-order valence-corrected chi connectivity index (χ4v) is 7.71. The first-order chi connectivity index (χ1) is 19.8. The van der Waals surface area contributed by atoms with Crippen LogP contribution in [-0.4, -0.2) is 81.1 Å². The van der Waals surface area contributed by atoms with Gasteiger partial charge in [-0.3, -0.25) is 9.80 Å². The van der Waals surface area contributed by atoms with Gasteiger partial charge in [0.15, 0.2) is 29.8 Å². The second kappa shape index (κ2) is 10.4. The molecule has 0 radical (unpaired) electrons. The molecule has 0 aliphatic carbocycles. The Morgan fingerprint density at radius 1 is 1.17 bits per heavy atom. The van der Waals surface area contributed by atoms with E-state index in [1.807, 2.05) is 13.8 Å². The predicted molar refractivity (Wildman–Crippen MR) is 150 cm³/mol. The molecule has 1 N–H and O–H groups in total. The van der Waals surface area contributed by atoms with Gasteiger partial charge in [0.2, 0.25) is 6.79 Å². The zero-order valence-electron chi connectivity index (χ0n) is 24.3. The summed E-state index contributed by atoms with van der Waals surface area (Å²) in [7, 11) is 5.29. The van der Waals surface area contributed by atoms with Crippen molar-refractivity contribution in [2.75, 3.05) is 54.6 Å². The van der Waals surface area contributed by atoms with Crippen LogP contribution in [0.4, 0.5) is 0 Å². The second-order valence-corrected chi connectivity index (χ2v) is 11.2. The van der Waals surface area contributed by atoms with Gasteiger partial charge in [-0.25, -0.2) is 0 Å². The molecule has 5 aliphatic rings. The third kappa shape index (κ3) is 3.91. The van der Waals surface area contributed by atoms with E-state index in [0.29, 0.717) is 54.7 Å². The van der Waals surface area contributed by atoms with Crippen molar-refractivity contribution in [3.05, 3.63) is 52.1 Å². The van der Waals surface area contributed by atoms with Crippen LogP contribution >= 0.6 is 0 Å². The molecule has 0 saturated carbocycles. The number of aliphatic hydroxyl groups excluding tert-OH is 1. The Hall–Kier alpha value is -3.49. The summed E-state index contributed by atoms with van der Waals surface area (Å²) in [5, 5.41) is 22.0. The number of methoxy groups -OCH3 is 2. The van der Waals surface area contributed by atoms with Crippen LogP contribution < -0.4 is 23.7 Å². The molecule has 2 bridgehead atoms. The number of rotatable bonds is 8. The van der Waals surface area contributed by atoms with E-state index >= 15 is 0 Å². The number of piperazine rings is 1. The zero-order valence-corrected chi connectivity index (χ0v) is 24.3. The summed E-state index contributed by atoms with van der Waals surface area (Å²) >= 11 is 0. The third-order valence-corrected chi connectivity index (χ3v) is 9.00. The van der Waals surface area contributed by atoms with Crippen LogP contribution in [0, 0.1) is 25.2 Å². The summed E-state index contributed by atoms with van der Waals surface area (Å²) in [4.78, 5) is 4.48. The van der Waals surface area contributed by atoms with Gasteiger partial charge in [0, 0.05) is 48.4 Å². The second-order valence-electron chi connectivity index (χ2n) is 11.2. The average Bonchev–Trinajstić information content (AvgIpc) is 3.37. The van der Waals surface area contributed by atoms with Crippen molar-refractivity contribution < 1.29 is 33.5 Å². The molecule has 2 aromatic carbocycles. The van der Waals surface area contributed by atoms with Gasteiger partial charge in [0.25, 0.3) is 0 Å². The monoisotopic (exact) mass is 563 g/mol. The maximum absolute atomic E-state index is 11.1. The van der Waals surface area contributed by atoms with Crippen LogP contribution in [0.15, 0.2) is 18.7 Å². The van der Waals surface area contributed by atoms with Crippen LogP contribution in [-0.2, 0) is 17.6 Å².